The van der Waals surface area contributed by atoms with Crippen molar-refractivity contribution in [3.8, 4) is 11.8 Å². The fraction of sp³-hybridized carbons (Fsp3) is 0.250. The molecule has 1 amide bonds. The molecule has 0 aliphatic heterocycles. The molecule has 0 atom stereocenters. The van der Waals surface area contributed by atoms with Gasteiger partial charge in [0.15, 0.2) is 5.69 Å². The number of nitrogens with one attached hydrogen (secondary N) is 1. The highest BCUT2D eigenvalue weighted by Crippen LogP contribution is 2.23. The third-order valence-corrected chi connectivity index (χ3v) is 3.00. The van der Waals surface area contributed by atoms with Crippen LogP contribution in [0, 0.1) is 17.2 Å². The summed E-state index contributed by atoms with van der Waals surface area (Å²) in [7, 11) is 0. The molecule has 2 N–H and O–H groups in total. The largest absolute Gasteiger partial charge is 0.492 e. The smallest absolute Gasteiger partial charge is 0.354 e. The van der Waals surface area contributed by atoms with E-state index in [4.69, 9.17) is 9.84 Å². The summed E-state index contributed by atoms with van der Waals surface area (Å²) < 4.78 is 6.42. The maximum absolute atomic E-state index is 12.1. The van der Waals surface area contributed by atoms with E-state index >= 15 is 0 Å². The second kappa shape index (κ2) is 7.28. The van der Waals surface area contributed by atoms with Gasteiger partial charge < -0.3 is 15.2 Å². The molecule has 1 aromatic carbocycles. The fourth-order valence-corrected chi connectivity index (χ4v) is 1.88. The Morgan fingerprint density at radius 3 is 2.83 bits per heavy atom. The van der Waals surface area contributed by atoms with Gasteiger partial charge in [-0.1, -0.05) is 13.8 Å². The van der Waals surface area contributed by atoms with Crippen LogP contribution in [0.25, 0.3) is 0 Å². The number of carbonyl (C=O) groups excluding carboxylic acids is 1. The number of amides is 1. The van der Waals surface area contributed by atoms with Gasteiger partial charge in [-0.3, -0.25) is 0 Å². The second-order valence-electron chi connectivity index (χ2n) is 5.41. The van der Waals surface area contributed by atoms with Gasteiger partial charge in [0.25, 0.3) is 0 Å². The molecule has 1 heterocycles. The molecular formula is C16H16N4O4. The van der Waals surface area contributed by atoms with Crippen molar-refractivity contribution in [3.05, 3.63) is 42.0 Å². The van der Waals surface area contributed by atoms with Crippen LogP contribution >= 0.6 is 0 Å². The Morgan fingerprint density at radius 1 is 1.46 bits per heavy atom. The van der Waals surface area contributed by atoms with Gasteiger partial charge in [0.05, 0.1) is 18.4 Å². The number of rotatable bonds is 5. The first-order valence-corrected chi connectivity index (χ1v) is 7.16. The van der Waals surface area contributed by atoms with E-state index in [-0.39, 0.29) is 11.3 Å². The van der Waals surface area contributed by atoms with E-state index in [0.717, 1.165) is 17.1 Å². The van der Waals surface area contributed by atoms with Crippen LogP contribution in [0.1, 0.15) is 29.9 Å². The number of aromatic nitrogens is 2. The van der Waals surface area contributed by atoms with E-state index in [1.807, 2.05) is 19.9 Å². The summed E-state index contributed by atoms with van der Waals surface area (Å²) in [4.78, 5) is 26.8. The van der Waals surface area contributed by atoms with E-state index in [9.17, 15) is 14.9 Å². The number of nitrogens with zero attached hydrogens (tertiary/aromatic N) is 3. The Labute approximate surface area is 138 Å². The first-order valence-electron chi connectivity index (χ1n) is 7.16. The van der Waals surface area contributed by atoms with E-state index in [1.165, 1.54) is 6.07 Å². The highest BCUT2D eigenvalue weighted by Gasteiger charge is 2.16. The zero-order valence-electron chi connectivity index (χ0n) is 13.2. The van der Waals surface area contributed by atoms with Crippen LogP contribution in [0.15, 0.2) is 30.7 Å². The average molecular weight is 328 g/mol. The second-order valence-corrected chi connectivity index (χ2v) is 5.41. The molecule has 24 heavy (non-hydrogen) atoms. The van der Waals surface area contributed by atoms with E-state index in [1.54, 1.807) is 12.1 Å². The lowest BCUT2D eigenvalue weighted by Gasteiger charge is -2.12. The minimum absolute atomic E-state index is 0.259. The molecule has 124 valence electrons. The highest BCUT2D eigenvalue weighted by atomic mass is 16.5. The van der Waals surface area contributed by atoms with Crippen LogP contribution < -0.4 is 10.1 Å². The Balaban J connectivity index is 2.18. The third kappa shape index (κ3) is 3.89. The molecule has 0 aliphatic rings. The zero-order chi connectivity index (χ0) is 17.7. The molecule has 0 saturated carbocycles. The van der Waals surface area contributed by atoms with Crippen LogP contribution in [-0.2, 0) is 0 Å². The molecule has 2 aromatic rings. The molecule has 0 fully saturated rings. The third-order valence-electron chi connectivity index (χ3n) is 3.00. The number of carboxylic acid groups (broad SMARTS) is 1. The zero-order valence-corrected chi connectivity index (χ0v) is 13.2. The standard InChI is InChI=1S/C16H16N4O4/c1-10(2)8-24-14-4-3-12(5-11(14)6-17)19-16(23)20-9-18-7-13(20)15(21)22/h3-5,7,9-10H,8H2,1-2H3,(H,19,23)(H,21,22). The van der Waals surface area contributed by atoms with Crippen molar-refractivity contribution in [3.63, 3.8) is 0 Å². The topological polar surface area (TPSA) is 117 Å². The molecule has 0 unspecified atom stereocenters. The number of hydrogen-bond donors (Lipinski definition) is 2. The summed E-state index contributed by atoms with van der Waals surface area (Å²) in [6.07, 6.45) is 2.18. The maximum Gasteiger partial charge on any atom is 0.354 e. The van der Waals surface area contributed by atoms with Gasteiger partial charge in [0.1, 0.15) is 18.1 Å². The lowest BCUT2D eigenvalue weighted by molar-refractivity contribution is 0.0687. The molecule has 0 aliphatic carbocycles. The summed E-state index contributed by atoms with van der Waals surface area (Å²) in [6.45, 7) is 4.45. The first kappa shape index (κ1) is 17.0. The molecule has 0 radical (unpaired) electrons. The number of imidazole rings is 1. The molecule has 0 saturated heterocycles. The minimum Gasteiger partial charge on any atom is -0.492 e. The van der Waals surface area contributed by atoms with E-state index in [2.05, 4.69) is 10.3 Å². The first-order chi connectivity index (χ1) is 11.4. The van der Waals surface area contributed by atoms with Crippen molar-refractivity contribution in [1.29, 1.82) is 5.26 Å². The Morgan fingerprint density at radius 2 is 2.21 bits per heavy atom. The van der Waals surface area contributed by atoms with E-state index < -0.39 is 12.0 Å². The van der Waals surface area contributed by atoms with Crippen LogP contribution in [-0.4, -0.2) is 33.3 Å². The number of nitriles is 1. The highest BCUT2D eigenvalue weighted by molar-refractivity contribution is 5.97. The lowest BCUT2D eigenvalue weighted by Crippen LogP contribution is -2.22. The van der Waals surface area contributed by atoms with Crippen molar-refractivity contribution >= 4 is 17.7 Å². The van der Waals surface area contributed by atoms with Gasteiger partial charge in [-0.25, -0.2) is 19.1 Å². The summed E-state index contributed by atoms with van der Waals surface area (Å²) in [5.74, 6) is -0.526. The predicted octanol–water partition coefficient (Wildman–Crippen LogP) is 2.57. The van der Waals surface area contributed by atoms with E-state index in [0.29, 0.717) is 24.0 Å². The number of carboxylic acids is 1. The summed E-state index contributed by atoms with van der Waals surface area (Å²) in [5, 5.41) is 20.7. The van der Waals surface area contributed by atoms with Gasteiger partial charge in [-0.15, -0.1) is 0 Å². The molecule has 2 rings (SSSR count). The van der Waals surface area contributed by atoms with Crippen LogP contribution in [0.2, 0.25) is 0 Å². The van der Waals surface area contributed by atoms with Gasteiger partial charge in [0, 0.05) is 5.69 Å². The number of hydrogen-bond acceptors (Lipinski definition) is 5. The SMILES string of the molecule is CC(C)COc1ccc(NC(=O)n2cncc2C(=O)O)cc1C#N. The van der Waals surface area contributed by atoms with Gasteiger partial charge >= 0.3 is 12.0 Å². The predicted molar refractivity (Wildman–Crippen MR) is 85.1 cm³/mol. The van der Waals surface area contributed by atoms with Crippen LogP contribution in [0.3, 0.4) is 0 Å². The molecular weight excluding hydrogens is 312 g/mol. The van der Waals surface area contributed by atoms with Crippen LogP contribution in [0.4, 0.5) is 10.5 Å². The normalized spacial score (nSPS) is 10.2. The molecule has 8 nitrogen and oxygen atoms in total. The minimum atomic E-state index is -1.27. The molecule has 1 aromatic heterocycles. The number of benzene rings is 1. The van der Waals surface area contributed by atoms with Crippen molar-refractivity contribution in [2.75, 3.05) is 11.9 Å². The summed E-state index contributed by atoms with van der Waals surface area (Å²) >= 11 is 0. The maximum atomic E-state index is 12.1. The molecule has 8 heteroatoms. The van der Waals surface area contributed by atoms with Crippen molar-refractivity contribution in [2.24, 2.45) is 5.92 Å². The van der Waals surface area contributed by atoms with Gasteiger partial charge in [-0.2, -0.15) is 5.26 Å². The van der Waals surface area contributed by atoms with Crippen molar-refractivity contribution < 1.29 is 19.4 Å². The Bertz CT molecular complexity index is 805. The summed E-state index contributed by atoms with van der Waals surface area (Å²) in [5.41, 5.74) is 0.362. The Hall–Kier alpha value is -3.34. The monoisotopic (exact) mass is 328 g/mol. The Kier molecular flexibility index (Phi) is 5.16. The number of aromatic carboxylic acids is 1. The van der Waals surface area contributed by atoms with Gasteiger partial charge in [0.2, 0.25) is 0 Å². The van der Waals surface area contributed by atoms with Gasteiger partial charge in [-0.05, 0) is 24.1 Å². The quantitative estimate of drug-likeness (QED) is 0.871. The van der Waals surface area contributed by atoms with Crippen molar-refractivity contribution in [2.45, 2.75) is 13.8 Å². The molecule has 0 spiro atoms. The number of ether oxygens (including phenoxy) is 1. The fourth-order valence-electron chi connectivity index (χ4n) is 1.88. The molecule has 0 bridgehead atoms. The number of carbonyl (C=O) groups is 2. The van der Waals surface area contributed by atoms with Crippen LogP contribution in [0.5, 0.6) is 5.75 Å². The lowest BCUT2D eigenvalue weighted by atomic mass is 10.2. The van der Waals surface area contributed by atoms with Crippen molar-refractivity contribution in [1.82, 2.24) is 9.55 Å². The average Bonchev–Trinajstić information content (AvgIpc) is 3.03. The summed E-state index contributed by atoms with van der Waals surface area (Å²) in [6, 6.07) is 5.94. The number of anilines is 1.